The van der Waals surface area contributed by atoms with Crippen molar-refractivity contribution < 1.29 is 4.42 Å². The molecule has 0 atom stereocenters. The Morgan fingerprint density at radius 3 is 1.68 bits per heavy atom. The van der Waals surface area contributed by atoms with E-state index >= 15 is 0 Å². The van der Waals surface area contributed by atoms with Gasteiger partial charge in [0.05, 0.1) is 0 Å². The first-order chi connectivity index (χ1) is 27.8. The second-order valence-electron chi connectivity index (χ2n) is 15.1. The summed E-state index contributed by atoms with van der Waals surface area (Å²) in [7, 11) is 0. The fraction of sp³-hybridized carbons (Fsp3) is 0. The van der Waals surface area contributed by atoms with Gasteiger partial charge in [-0.05, 0) is 112 Å². The van der Waals surface area contributed by atoms with Gasteiger partial charge in [-0.1, -0.05) is 152 Å². The lowest BCUT2D eigenvalue weighted by Gasteiger charge is -2.18. The van der Waals surface area contributed by atoms with Crippen molar-refractivity contribution >= 4 is 118 Å². The van der Waals surface area contributed by atoms with E-state index in [1.54, 1.807) is 0 Å². The van der Waals surface area contributed by atoms with Crippen LogP contribution in [-0.4, -0.2) is 0 Å². The molecule has 0 saturated heterocycles. The van der Waals surface area contributed by atoms with Crippen LogP contribution >= 0.6 is 11.3 Å². The van der Waals surface area contributed by atoms with Crippen LogP contribution in [0.2, 0.25) is 0 Å². The molecule has 13 rings (SSSR count). The van der Waals surface area contributed by atoms with E-state index in [0.29, 0.717) is 0 Å². The minimum atomic E-state index is 0.902. The van der Waals surface area contributed by atoms with E-state index in [-0.39, 0.29) is 0 Å². The topological polar surface area (TPSA) is 13.1 Å². The maximum Gasteiger partial charge on any atom is 0.136 e. The van der Waals surface area contributed by atoms with Crippen LogP contribution in [0.25, 0.3) is 129 Å². The average molecular weight is 727 g/mol. The Morgan fingerprint density at radius 2 is 0.893 bits per heavy atom. The molecule has 0 spiro atoms. The number of thiophene rings is 1. The molecule has 13 aromatic rings. The number of furan rings is 1. The van der Waals surface area contributed by atoms with Crippen LogP contribution in [0.15, 0.2) is 186 Å². The molecular formula is C54H30OS. The van der Waals surface area contributed by atoms with E-state index in [2.05, 4.69) is 182 Å². The van der Waals surface area contributed by atoms with Crippen LogP contribution in [0.5, 0.6) is 0 Å². The summed E-state index contributed by atoms with van der Waals surface area (Å²) >= 11 is 1.89. The van der Waals surface area contributed by atoms with Crippen molar-refractivity contribution in [3.8, 4) is 22.3 Å². The SMILES string of the molecule is c1ccc2c(c1)ccc1c3cc4c(cc3c3ccccc3c21)oc1cc(-c2c3ccccc3c(-c3cccc5c3sc3ccccc35)c3ccccc23)ccc14. The lowest BCUT2D eigenvalue weighted by atomic mass is 9.85. The second kappa shape index (κ2) is 11.3. The zero-order chi connectivity index (χ0) is 36.5. The molecule has 0 unspecified atom stereocenters. The molecule has 0 radical (unpaired) electrons. The highest BCUT2D eigenvalue weighted by Crippen LogP contribution is 2.49. The van der Waals surface area contributed by atoms with Crippen LogP contribution in [0.1, 0.15) is 0 Å². The van der Waals surface area contributed by atoms with Gasteiger partial charge in [-0.25, -0.2) is 0 Å². The molecular weight excluding hydrogens is 697 g/mol. The Bertz CT molecular complexity index is 3770. The van der Waals surface area contributed by atoms with Gasteiger partial charge in [0.1, 0.15) is 11.2 Å². The van der Waals surface area contributed by atoms with Crippen LogP contribution in [-0.2, 0) is 0 Å². The molecule has 0 aliphatic rings. The van der Waals surface area contributed by atoms with Crippen LogP contribution in [0.3, 0.4) is 0 Å². The molecule has 2 heteroatoms. The molecule has 0 saturated carbocycles. The third kappa shape index (κ3) is 4.09. The fourth-order valence-corrected chi connectivity index (χ4v) is 11.0. The predicted octanol–water partition coefficient (Wildman–Crippen LogP) is 16.2. The van der Waals surface area contributed by atoms with Gasteiger partial charge in [0.15, 0.2) is 0 Å². The quantitative estimate of drug-likeness (QED) is 0.128. The molecule has 2 heterocycles. The summed E-state index contributed by atoms with van der Waals surface area (Å²) in [5.41, 5.74) is 6.79. The summed E-state index contributed by atoms with van der Waals surface area (Å²) in [5.74, 6) is 0. The largest absolute Gasteiger partial charge is 0.456 e. The van der Waals surface area contributed by atoms with Gasteiger partial charge in [-0.2, -0.15) is 0 Å². The van der Waals surface area contributed by atoms with Crippen molar-refractivity contribution in [2.24, 2.45) is 0 Å². The molecule has 0 fully saturated rings. The normalized spacial score (nSPS) is 12.3. The first-order valence-corrected chi connectivity index (χ1v) is 20.1. The summed E-state index contributed by atoms with van der Waals surface area (Å²) in [4.78, 5) is 0. The van der Waals surface area contributed by atoms with Crippen molar-refractivity contribution in [3.63, 3.8) is 0 Å². The van der Waals surface area contributed by atoms with Gasteiger partial charge in [0.25, 0.3) is 0 Å². The third-order valence-corrected chi connectivity index (χ3v) is 13.4. The van der Waals surface area contributed by atoms with E-state index in [0.717, 1.165) is 27.5 Å². The number of fused-ring (bicyclic) bond motifs is 16. The second-order valence-corrected chi connectivity index (χ2v) is 16.1. The maximum atomic E-state index is 6.85. The van der Waals surface area contributed by atoms with Crippen molar-refractivity contribution in [1.29, 1.82) is 0 Å². The average Bonchev–Trinajstić information content (AvgIpc) is 3.82. The monoisotopic (exact) mass is 726 g/mol. The van der Waals surface area contributed by atoms with Gasteiger partial charge in [-0.3, -0.25) is 0 Å². The molecule has 11 aromatic carbocycles. The minimum Gasteiger partial charge on any atom is -0.456 e. The van der Waals surface area contributed by atoms with Crippen molar-refractivity contribution in [2.45, 2.75) is 0 Å². The van der Waals surface area contributed by atoms with Crippen LogP contribution in [0, 0.1) is 0 Å². The molecule has 0 aliphatic heterocycles. The number of hydrogen-bond acceptors (Lipinski definition) is 2. The fourth-order valence-electron chi connectivity index (χ4n) is 9.82. The summed E-state index contributed by atoms with van der Waals surface area (Å²) < 4.78 is 9.51. The van der Waals surface area contributed by atoms with E-state index in [1.165, 1.54) is 101 Å². The lowest BCUT2D eigenvalue weighted by Crippen LogP contribution is -1.91. The van der Waals surface area contributed by atoms with E-state index < -0.39 is 0 Å². The molecule has 0 N–H and O–H groups in total. The van der Waals surface area contributed by atoms with E-state index in [1.807, 2.05) is 11.3 Å². The zero-order valence-corrected chi connectivity index (χ0v) is 31.0. The maximum absolute atomic E-state index is 6.85. The summed E-state index contributed by atoms with van der Waals surface area (Å²) in [6.45, 7) is 0. The highest BCUT2D eigenvalue weighted by Gasteiger charge is 2.21. The van der Waals surface area contributed by atoms with Gasteiger partial charge < -0.3 is 4.42 Å². The number of rotatable bonds is 2. The highest BCUT2D eigenvalue weighted by atomic mass is 32.1. The molecule has 0 bridgehead atoms. The first kappa shape index (κ1) is 30.3. The van der Waals surface area contributed by atoms with Gasteiger partial charge in [0, 0.05) is 36.5 Å². The summed E-state index contributed by atoms with van der Waals surface area (Å²) in [6.07, 6.45) is 0. The smallest absolute Gasteiger partial charge is 0.136 e. The van der Waals surface area contributed by atoms with Crippen molar-refractivity contribution in [1.82, 2.24) is 0 Å². The minimum absolute atomic E-state index is 0.902. The molecule has 56 heavy (non-hydrogen) atoms. The Labute approximate surface area is 325 Å². The Balaban J connectivity index is 1.07. The standard InChI is InChI=1S/C54H30OS/c1-2-13-33-31(12-1)24-27-42-45-29-47-35-26-25-32(28-48(35)55-49(47)30-46(45)34-14-3-4-16-37(34)52(33)42)51-38-17-5-7-19-40(38)53(41-20-8-6-18-39(41)51)44-22-11-21-43-36-15-9-10-23-50(36)56-54(43)44/h1-30H. The lowest BCUT2D eigenvalue weighted by molar-refractivity contribution is 0.669. The van der Waals surface area contributed by atoms with Crippen molar-refractivity contribution in [2.75, 3.05) is 0 Å². The van der Waals surface area contributed by atoms with Gasteiger partial charge in [-0.15, -0.1) is 11.3 Å². The van der Waals surface area contributed by atoms with Gasteiger partial charge >= 0.3 is 0 Å². The predicted molar refractivity (Wildman–Crippen MR) is 243 cm³/mol. The molecule has 0 amide bonds. The Kier molecular flexibility index (Phi) is 6.11. The molecule has 2 aromatic heterocycles. The molecule has 1 nitrogen and oxygen atoms in total. The van der Waals surface area contributed by atoms with Crippen LogP contribution < -0.4 is 0 Å². The molecule has 258 valence electrons. The Hall–Kier alpha value is -7.00. The summed E-state index contributed by atoms with van der Waals surface area (Å²) in [5, 5.41) is 20.0. The highest BCUT2D eigenvalue weighted by molar-refractivity contribution is 7.26. The van der Waals surface area contributed by atoms with E-state index in [4.69, 9.17) is 4.42 Å². The Morgan fingerprint density at radius 1 is 0.321 bits per heavy atom. The number of hydrogen-bond donors (Lipinski definition) is 0. The first-order valence-electron chi connectivity index (χ1n) is 19.3. The van der Waals surface area contributed by atoms with Gasteiger partial charge in [0.2, 0.25) is 0 Å². The van der Waals surface area contributed by atoms with E-state index in [9.17, 15) is 0 Å². The van der Waals surface area contributed by atoms with Crippen LogP contribution in [0.4, 0.5) is 0 Å². The zero-order valence-electron chi connectivity index (χ0n) is 30.1. The summed E-state index contributed by atoms with van der Waals surface area (Å²) in [6, 6.07) is 67.1. The third-order valence-electron chi connectivity index (χ3n) is 12.2. The van der Waals surface area contributed by atoms with Crippen molar-refractivity contribution in [3.05, 3.63) is 182 Å². The molecule has 0 aliphatic carbocycles. The number of benzene rings is 11.